The lowest BCUT2D eigenvalue weighted by Gasteiger charge is -2.21. The number of nitrogens with one attached hydrogen (secondary N) is 4. The Labute approximate surface area is 811 Å². The normalized spacial score (nSPS) is 12.1. The third-order valence-electron chi connectivity index (χ3n) is 24.5. The lowest BCUT2D eigenvalue weighted by Crippen LogP contribution is -2.22. The fraction of sp³-hybridized carbons (Fsp3) is 0.171. The van der Waals surface area contributed by atoms with Crippen LogP contribution in [0.5, 0.6) is 0 Å². The number of rotatable bonds is 23. The summed E-state index contributed by atoms with van der Waals surface area (Å²) in [5, 5.41) is 11.4. The van der Waals surface area contributed by atoms with Crippen molar-refractivity contribution in [2.45, 2.75) is 122 Å². The molecule has 4 amide bonds. The van der Waals surface area contributed by atoms with Crippen molar-refractivity contribution >= 4 is 92.2 Å². The monoisotopic (exact) mass is 1970 g/mol. The molecule has 4 heterocycles. The first-order valence-corrected chi connectivity index (χ1v) is 46.7. The molecule has 0 saturated heterocycles. The molecule has 0 fully saturated rings. The average Bonchev–Trinajstić information content (AvgIpc) is 0.777. The van der Waals surface area contributed by atoms with Crippen LogP contribution in [0.25, 0.3) is 45.0 Å². The van der Waals surface area contributed by atoms with Gasteiger partial charge in [-0.1, -0.05) is 182 Å². The number of nitrogens with two attached hydrogens (primary N) is 4. The highest BCUT2D eigenvalue weighted by molar-refractivity contribution is 14.1. The molecule has 0 saturated carbocycles. The van der Waals surface area contributed by atoms with E-state index in [1.54, 1.807) is 18.2 Å². The first kappa shape index (κ1) is 95.0. The molecule has 698 valence electrons. The van der Waals surface area contributed by atoms with E-state index in [2.05, 4.69) is 73.1 Å². The van der Waals surface area contributed by atoms with E-state index >= 15 is 0 Å². The van der Waals surface area contributed by atoms with Gasteiger partial charge in [0.15, 0.2) is 58.2 Å². The second-order valence-corrected chi connectivity index (χ2v) is 35.5. The number of carbonyl (C=O) groups excluding carboxylic acids is 4. The van der Waals surface area contributed by atoms with Crippen molar-refractivity contribution in [3.8, 4) is 45.0 Å². The van der Waals surface area contributed by atoms with Crippen molar-refractivity contribution in [2.75, 3.05) is 44.2 Å². The molecular formula is C111H94F7IN16O4. The van der Waals surface area contributed by atoms with Gasteiger partial charge in [-0.15, -0.1) is 0 Å². The molecule has 20 nitrogen and oxygen atoms in total. The van der Waals surface area contributed by atoms with Crippen LogP contribution in [0, 0.1) is 44.3 Å². The molecule has 0 aliphatic heterocycles. The Morgan fingerprint density at radius 3 is 0.885 bits per heavy atom. The van der Waals surface area contributed by atoms with E-state index in [0.717, 1.165) is 174 Å². The van der Waals surface area contributed by atoms with Gasteiger partial charge < -0.3 is 44.2 Å². The van der Waals surface area contributed by atoms with E-state index in [1.165, 1.54) is 28.3 Å². The van der Waals surface area contributed by atoms with Crippen LogP contribution in [0.15, 0.2) is 267 Å². The van der Waals surface area contributed by atoms with Crippen LogP contribution in [-0.4, -0.2) is 63.5 Å². The largest absolute Gasteiger partial charge is 0.399 e. The zero-order chi connectivity index (χ0) is 96.7. The number of nitrogens with zero attached hydrogens (tertiary/aromatic N) is 8. The van der Waals surface area contributed by atoms with Gasteiger partial charge in [0, 0.05) is 59.7 Å². The van der Waals surface area contributed by atoms with Gasteiger partial charge in [-0.2, -0.15) is 0 Å². The number of carbonyl (C=O) groups is 4. The number of halogens is 8. The molecule has 28 heteroatoms. The van der Waals surface area contributed by atoms with Crippen molar-refractivity contribution in [1.82, 2.24) is 39.9 Å². The molecule has 0 bridgehead atoms. The predicted molar refractivity (Wildman–Crippen MR) is 536 cm³/mol. The number of aryl methyl sites for hydroxylation is 16. The summed E-state index contributed by atoms with van der Waals surface area (Å²) in [5.41, 5.74) is 49.9. The van der Waals surface area contributed by atoms with Crippen LogP contribution in [0.4, 0.5) is 76.8 Å². The Kier molecular flexibility index (Phi) is 29.8. The minimum Gasteiger partial charge on any atom is -0.399 e. The Morgan fingerprint density at radius 1 is 0.273 bits per heavy atom. The van der Waals surface area contributed by atoms with Gasteiger partial charge in [0.25, 0.3) is 5.91 Å². The molecule has 0 unspecified atom stereocenters. The van der Waals surface area contributed by atoms with E-state index in [9.17, 15) is 49.9 Å². The van der Waals surface area contributed by atoms with Gasteiger partial charge in [-0.25, -0.2) is 70.6 Å². The highest BCUT2D eigenvalue weighted by Crippen LogP contribution is 2.40. The lowest BCUT2D eigenvalue weighted by molar-refractivity contribution is -0.116. The van der Waals surface area contributed by atoms with E-state index in [4.69, 9.17) is 57.8 Å². The second kappa shape index (κ2) is 43.5. The topological polar surface area (TPSA) is 324 Å². The van der Waals surface area contributed by atoms with Crippen LogP contribution in [0.3, 0.4) is 0 Å². The van der Waals surface area contributed by atoms with Crippen LogP contribution >= 0.6 is 22.6 Å². The third kappa shape index (κ3) is 23.3. The number of anilines is 8. The summed E-state index contributed by atoms with van der Waals surface area (Å²) in [7, 11) is 0. The van der Waals surface area contributed by atoms with E-state index in [1.807, 2.05) is 206 Å². The van der Waals surface area contributed by atoms with E-state index < -0.39 is 58.6 Å². The first-order valence-electron chi connectivity index (χ1n) is 45.7. The molecule has 0 radical (unpaired) electrons. The third-order valence-corrected chi connectivity index (χ3v) is 25.2. The van der Waals surface area contributed by atoms with Crippen molar-refractivity contribution in [2.24, 2.45) is 0 Å². The minimum atomic E-state index is -2.28. The molecular weight excluding hydrogens is 1880 g/mol. The molecule has 12 aromatic carbocycles. The quantitative estimate of drug-likeness (QED) is 0.00970. The molecule has 0 spiro atoms. The van der Waals surface area contributed by atoms with Gasteiger partial charge in [0.05, 0.1) is 87.6 Å². The maximum atomic E-state index is 14.1. The van der Waals surface area contributed by atoms with E-state index in [0.29, 0.717) is 121 Å². The van der Waals surface area contributed by atoms with Crippen molar-refractivity contribution in [3.63, 3.8) is 0 Å². The molecule has 0 atom stereocenters. The van der Waals surface area contributed by atoms with Gasteiger partial charge in [-0.3, -0.25) is 19.2 Å². The molecule has 12 N–H and O–H groups in total. The van der Waals surface area contributed by atoms with Crippen LogP contribution in [0.2, 0.25) is 0 Å². The summed E-state index contributed by atoms with van der Waals surface area (Å²) in [6, 6.07) is 84.0. The Morgan fingerprint density at radius 2 is 0.561 bits per heavy atom. The summed E-state index contributed by atoms with van der Waals surface area (Å²) in [4.78, 5) is 90.4. The SMILES string of the molecule is Nc1ccc2c(c1)CCc1nc(NC(=O)Cc3c(F)c(F)c(F)c(F)c3F)c(CCc3ccccc3)nc1-2.Nc1ccc2c(c1)CCc1nc(NC(=O)Cc3ccc(F)c(F)c3)c(CCc3ccccc3)nc1-2.Nc1ccc2c(c1)CCc1nc(NC(=O)Cc3ccc(I)cc3)c(CCc3ccccc3)nc1-2.Nc1ccc2c(c1)CCc1nc(NC(=O)c3ccccc3)c(CCc3ccccc3)nc1-2. The minimum absolute atomic E-state index is 0.0763. The maximum absolute atomic E-state index is 14.1. The summed E-state index contributed by atoms with van der Waals surface area (Å²) in [6.07, 6.45) is 10.3. The van der Waals surface area contributed by atoms with Crippen molar-refractivity contribution < 1.29 is 49.9 Å². The lowest BCUT2D eigenvalue weighted by atomic mass is 9.91. The summed E-state index contributed by atoms with van der Waals surface area (Å²) >= 11 is 2.26. The number of fused-ring (bicyclic) bond motifs is 12. The maximum Gasteiger partial charge on any atom is 0.256 e. The summed E-state index contributed by atoms with van der Waals surface area (Å²) in [6.45, 7) is 0. The summed E-state index contributed by atoms with van der Waals surface area (Å²) < 4.78 is 96.9. The van der Waals surface area contributed by atoms with Crippen molar-refractivity contribution in [1.29, 1.82) is 0 Å². The fourth-order valence-electron chi connectivity index (χ4n) is 17.4. The van der Waals surface area contributed by atoms with Crippen LogP contribution in [0.1, 0.15) is 117 Å². The molecule has 4 aliphatic carbocycles. The molecule has 20 rings (SSSR count). The Balaban J connectivity index is 0.000000128. The van der Waals surface area contributed by atoms with Gasteiger partial charge >= 0.3 is 0 Å². The Hall–Kier alpha value is -15.7. The van der Waals surface area contributed by atoms with Gasteiger partial charge in [-0.05, 0) is 266 Å². The zero-order valence-corrected chi connectivity index (χ0v) is 77.5. The number of amides is 4. The van der Waals surface area contributed by atoms with Gasteiger partial charge in [0.2, 0.25) is 23.5 Å². The second-order valence-electron chi connectivity index (χ2n) is 34.3. The Bertz CT molecular complexity index is 7270. The first-order chi connectivity index (χ1) is 67.4. The zero-order valence-electron chi connectivity index (χ0n) is 75.4. The van der Waals surface area contributed by atoms with Gasteiger partial charge in [0.1, 0.15) is 0 Å². The number of benzene rings is 12. The molecule has 139 heavy (non-hydrogen) atoms. The predicted octanol–water partition coefficient (Wildman–Crippen LogP) is 20.8. The van der Waals surface area contributed by atoms with Crippen molar-refractivity contribution in [3.05, 3.63) is 424 Å². The molecule has 4 aromatic heterocycles. The fourth-order valence-corrected chi connectivity index (χ4v) is 17.8. The molecule has 16 aromatic rings. The molecule has 4 aliphatic rings. The van der Waals surface area contributed by atoms with Crippen LogP contribution < -0.4 is 44.2 Å². The van der Waals surface area contributed by atoms with E-state index in [-0.39, 0.29) is 30.0 Å². The average molecular weight is 1980 g/mol. The highest BCUT2D eigenvalue weighted by Gasteiger charge is 2.32. The highest BCUT2D eigenvalue weighted by atomic mass is 127. The van der Waals surface area contributed by atoms with Crippen LogP contribution in [-0.2, 0) is 136 Å². The number of aromatic nitrogens is 8. The summed E-state index contributed by atoms with van der Waals surface area (Å²) in [5.74, 6) is -12.5. The standard InChI is InChI=1S/C28H21F5N4O.C28H24F2N4O.C28H25IN4O.C27H24N4O/c29-22-18(23(30)25(32)26(33)24(22)31)13-21(38)37-28-20(10-6-14-4-2-1-3-5-14)35-27-17-9-8-16(34)12-15(17)7-11-19(27)36-28;29-22-11-6-18(14-23(22)30)15-26(35)34-28-25(12-7-17-4-2-1-3-5-17)32-27-21-10-9-20(31)16-19(21)8-13-24(27)33-28;29-21-10-6-19(7-11-21)16-26(34)33-28-25(14-8-18-4-2-1-3-5-18)31-27-23-13-12-22(30)17-20(23)9-15-24(27)32-28;28-21-13-14-22-20(17-21)12-16-23-25(22)29-24(15-11-18-7-3-1-4-8-18)26(30-23)31-27(32)19-9-5-2-6-10-19/h1-5,8-9,12H,6-7,10-11,13,34H2,(H,36,37,38);1-6,9-11,14,16H,7-8,12-13,15,31H2,(H,33,34,35);1-7,10-13,17H,8-9,14-16,30H2,(H,32,33,34);1-10,13-14,17H,11-12,15-16,28H2,(H,30,31,32). The smallest absolute Gasteiger partial charge is 0.256 e. The number of hydrogen-bond donors (Lipinski definition) is 8. The number of nitrogen functional groups attached to an aromatic ring is 4. The number of hydrogen-bond acceptors (Lipinski definition) is 16.